The summed E-state index contributed by atoms with van der Waals surface area (Å²) >= 11 is 0. The molecule has 1 heterocycles. The molecule has 0 spiro atoms. The molecule has 1 unspecified atom stereocenters. The van der Waals surface area contributed by atoms with Crippen LogP contribution in [0, 0.1) is 0 Å². The third-order valence-corrected chi connectivity index (χ3v) is 3.70. The molecule has 1 aliphatic rings. The minimum atomic E-state index is -0.549. The molecule has 5 nitrogen and oxygen atoms in total. The van der Waals surface area contributed by atoms with Crippen LogP contribution in [0.15, 0.2) is 24.3 Å². The van der Waals surface area contributed by atoms with Crippen LogP contribution in [0.5, 0.6) is 5.75 Å². The van der Waals surface area contributed by atoms with Gasteiger partial charge < -0.3 is 21.1 Å². The first-order chi connectivity index (χ1) is 9.54. The van der Waals surface area contributed by atoms with Gasteiger partial charge >= 0.3 is 0 Å². The quantitative estimate of drug-likeness (QED) is 0.747. The number of benzene rings is 1. The Balaban J connectivity index is 1.83. The highest BCUT2D eigenvalue weighted by Crippen LogP contribution is 2.12. The number of phenols is 1. The third-order valence-electron chi connectivity index (χ3n) is 3.70. The summed E-state index contributed by atoms with van der Waals surface area (Å²) in [6, 6.07) is 6.44. The van der Waals surface area contributed by atoms with Crippen LogP contribution >= 0.6 is 0 Å². The zero-order chi connectivity index (χ0) is 14.5. The van der Waals surface area contributed by atoms with Crippen molar-refractivity contribution in [3.05, 3.63) is 29.8 Å². The van der Waals surface area contributed by atoms with Crippen LogP contribution in [-0.4, -0.2) is 48.1 Å². The lowest BCUT2D eigenvalue weighted by molar-refractivity contribution is -0.123. The fourth-order valence-electron chi connectivity index (χ4n) is 2.57. The minimum absolute atomic E-state index is 0.0987. The van der Waals surface area contributed by atoms with Gasteiger partial charge in [-0.1, -0.05) is 12.1 Å². The van der Waals surface area contributed by atoms with Crippen molar-refractivity contribution < 1.29 is 9.90 Å². The van der Waals surface area contributed by atoms with Crippen molar-refractivity contribution in [1.82, 2.24) is 10.2 Å². The van der Waals surface area contributed by atoms with Crippen molar-refractivity contribution in [3.8, 4) is 5.75 Å². The highest BCUT2D eigenvalue weighted by Gasteiger charge is 2.22. The number of hydrogen-bond acceptors (Lipinski definition) is 4. The van der Waals surface area contributed by atoms with Gasteiger partial charge in [0.1, 0.15) is 5.75 Å². The van der Waals surface area contributed by atoms with Crippen LogP contribution in [0.2, 0.25) is 0 Å². The lowest BCUT2D eigenvalue weighted by Gasteiger charge is -2.30. The van der Waals surface area contributed by atoms with Crippen molar-refractivity contribution in [1.29, 1.82) is 0 Å². The second-order valence-corrected chi connectivity index (χ2v) is 5.59. The SMILES string of the molecule is CN1CCCC(NC(=O)[C@@H](N)Cc2ccc(O)cc2)C1. The summed E-state index contributed by atoms with van der Waals surface area (Å²) < 4.78 is 0. The fraction of sp³-hybridized carbons (Fsp3) is 0.533. The van der Waals surface area contributed by atoms with Crippen molar-refractivity contribution >= 4 is 5.91 Å². The molecule has 2 rings (SSSR count). The zero-order valence-corrected chi connectivity index (χ0v) is 11.9. The molecule has 1 aromatic carbocycles. The van der Waals surface area contributed by atoms with Gasteiger partial charge in [0.15, 0.2) is 0 Å². The summed E-state index contributed by atoms with van der Waals surface area (Å²) in [5, 5.41) is 12.3. The Morgan fingerprint density at radius 2 is 2.20 bits per heavy atom. The number of nitrogens with one attached hydrogen (secondary N) is 1. The van der Waals surface area contributed by atoms with E-state index < -0.39 is 6.04 Å². The first-order valence-corrected chi connectivity index (χ1v) is 7.07. The third kappa shape index (κ3) is 4.21. The summed E-state index contributed by atoms with van der Waals surface area (Å²) in [5.74, 6) is 0.121. The van der Waals surface area contributed by atoms with Crippen LogP contribution < -0.4 is 11.1 Å². The number of carbonyl (C=O) groups excluding carboxylic acids is 1. The number of phenolic OH excluding ortho intramolecular Hbond substituents is 1. The number of nitrogens with zero attached hydrogens (tertiary/aromatic N) is 1. The largest absolute Gasteiger partial charge is 0.508 e. The predicted octanol–water partition coefficient (Wildman–Crippen LogP) is 0.472. The van der Waals surface area contributed by atoms with E-state index >= 15 is 0 Å². The van der Waals surface area contributed by atoms with Gasteiger partial charge in [-0.3, -0.25) is 4.79 Å². The monoisotopic (exact) mass is 277 g/mol. The van der Waals surface area contributed by atoms with Gasteiger partial charge in [0, 0.05) is 12.6 Å². The number of piperidine rings is 1. The molecule has 1 amide bonds. The van der Waals surface area contributed by atoms with Crippen LogP contribution in [0.3, 0.4) is 0 Å². The van der Waals surface area contributed by atoms with Crippen LogP contribution in [0.25, 0.3) is 0 Å². The van der Waals surface area contributed by atoms with Gasteiger partial charge in [0.05, 0.1) is 6.04 Å². The van der Waals surface area contributed by atoms with E-state index in [2.05, 4.69) is 17.3 Å². The van der Waals surface area contributed by atoms with Gasteiger partial charge in [-0.05, 0) is 50.6 Å². The second kappa shape index (κ2) is 6.72. The topological polar surface area (TPSA) is 78.6 Å². The summed E-state index contributed by atoms with van der Waals surface area (Å²) in [5.41, 5.74) is 6.90. The summed E-state index contributed by atoms with van der Waals surface area (Å²) in [7, 11) is 2.06. The number of carbonyl (C=O) groups is 1. The van der Waals surface area contributed by atoms with Gasteiger partial charge in [0.25, 0.3) is 0 Å². The van der Waals surface area contributed by atoms with Crippen molar-refractivity contribution in [2.75, 3.05) is 20.1 Å². The molecular formula is C15H23N3O2. The number of amides is 1. The second-order valence-electron chi connectivity index (χ2n) is 5.59. The van der Waals surface area contributed by atoms with Crippen LogP contribution in [-0.2, 0) is 11.2 Å². The molecule has 20 heavy (non-hydrogen) atoms. The number of rotatable bonds is 4. The van der Waals surface area contributed by atoms with Crippen molar-refractivity contribution in [2.45, 2.75) is 31.3 Å². The summed E-state index contributed by atoms with van der Waals surface area (Å²) in [6.07, 6.45) is 2.60. The fourth-order valence-corrected chi connectivity index (χ4v) is 2.57. The smallest absolute Gasteiger partial charge is 0.237 e. The van der Waals surface area contributed by atoms with E-state index in [-0.39, 0.29) is 17.7 Å². The minimum Gasteiger partial charge on any atom is -0.508 e. The van der Waals surface area contributed by atoms with Crippen molar-refractivity contribution in [2.24, 2.45) is 5.73 Å². The van der Waals surface area contributed by atoms with Gasteiger partial charge in [-0.2, -0.15) is 0 Å². The molecule has 1 aliphatic heterocycles. The molecule has 0 aromatic heterocycles. The Bertz CT molecular complexity index is 447. The molecule has 5 heteroatoms. The van der Waals surface area contributed by atoms with E-state index in [1.54, 1.807) is 24.3 Å². The highest BCUT2D eigenvalue weighted by atomic mass is 16.3. The Kier molecular flexibility index (Phi) is 4.98. The average Bonchev–Trinajstić information content (AvgIpc) is 2.41. The van der Waals surface area contributed by atoms with Gasteiger partial charge in [0.2, 0.25) is 5.91 Å². The molecule has 0 radical (unpaired) electrons. The molecular weight excluding hydrogens is 254 g/mol. The van der Waals surface area contributed by atoms with Crippen LogP contribution in [0.1, 0.15) is 18.4 Å². The van der Waals surface area contributed by atoms with E-state index in [1.165, 1.54) is 0 Å². The van der Waals surface area contributed by atoms with E-state index in [4.69, 9.17) is 5.73 Å². The predicted molar refractivity (Wildman–Crippen MR) is 78.4 cm³/mol. The molecule has 1 saturated heterocycles. The lowest BCUT2D eigenvalue weighted by atomic mass is 10.0. The number of likely N-dealkylation sites (tertiary alicyclic amines) is 1. The van der Waals surface area contributed by atoms with E-state index in [1.807, 2.05) is 0 Å². The molecule has 1 fully saturated rings. The standard InChI is InChI=1S/C15H23N3O2/c1-18-8-2-3-12(10-18)17-15(20)14(16)9-11-4-6-13(19)7-5-11/h4-7,12,14,19H,2-3,8-10,16H2,1H3,(H,17,20)/t12?,14-/m0/s1. The van der Waals surface area contributed by atoms with E-state index in [9.17, 15) is 9.90 Å². The maximum Gasteiger partial charge on any atom is 0.237 e. The zero-order valence-electron chi connectivity index (χ0n) is 11.9. The maximum atomic E-state index is 12.1. The first-order valence-electron chi connectivity index (χ1n) is 7.07. The molecule has 110 valence electrons. The number of hydrogen-bond donors (Lipinski definition) is 3. The number of likely N-dealkylation sites (N-methyl/N-ethyl adjacent to an activating group) is 1. The van der Waals surface area contributed by atoms with Gasteiger partial charge in [-0.25, -0.2) is 0 Å². The first kappa shape index (κ1) is 14.8. The Labute approximate surface area is 119 Å². The molecule has 4 N–H and O–H groups in total. The molecule has 0 bridgehead atoms. The maximum absolute atomic E-state index is 12.1. The van der Waals surface area contributed by atoms with E-state index in [0.29, 0.717) is 6.42 Å². The number of nitrogens with two attached hydrogens (primary N) is 1. The average molecular weight is 277 g/mol. The Hall–Kier alpha value is -1.59. The molecule has 0 saturated carbocycles. The van der Waals surface area contributed by atoms with Crippen LogP contribution in [0.4, 0.5) is 0 Å². The molecule has 2 atom stereocenters. The van der Waals surface area contributed by atoms with E-state index in [0.717, 1.165) is 31.5 Å². The number of aromatic hydroxyl groups is 1. The highest BCUT2D eigenvalue weighted by molar-refractivity contribution is 5.82. The normalized spacial score (nSPS) is 21.4. The Morgan fingerprint density at radius 1 is 1.50 bits per heavy atom. The lowest BCUT2D eigenvalue weighted by Crippen LogP contribution is -2.51. The summed E-state index contributed by atoms with van der Waals surface area (Å²) in [4.78, 5) is 14.3. The Morgan fingerprint density at radius 3 is 2.85 bits per heavy atom. The van der Waals surface area contributed by atoms with Gasteiger partial charge in [-0.15, -0.1) is 0 Å². The molecule has 1 aromatic rings. The molecule has 0 aliphatic carbocycles. The van der Waals surface area contributed by atoms with Crippen molar-refractivity contribution in [3.63, 3.8) is 0 Å². The summed E-state index contributed by atoms with van der Waals surface area (Å²) in [6.45, 7) is 1.98.